The molecule has 3 heterocycles. The molecule has 0 aliphatic carbocycles. The van der Waals surface area contributed by atoms with Crippen molar-refractivity contribution in [1.82, 2.24) is 14.7 Å². The Labute approximate surface area is 222 Å². The maximum absolute atomic E-state index is 14.1. The molecule has 35 heavy (non-hydrogen) atoms. The van der Waals surface area contributed by atoms with Crippen molar-refractivity contribution in [2.24, 2.45) is 11.8 Å². The molecule has 0 aromatic carbocycles. The van der Waals surface area contributed by atoms with Crippen LogP contribution < -0.4 is 0 Å². The van der Waals surface area contributed by atoms with Crippen molar-refractivity contribution in [2.75, 3.05) is 33.3 Å². The molecule has 196 valence electrons. The number of alkyl halides is 1. The number of aliphatic hydroxyl groups is 1. The number of carbonyl (C=O) groups is 3. The van der Waals surface area contributed by atoms with Crippen molar-refractivity contribution >= 4 is 45.4 Å². The zero-order valence-corrected chi connectivity index (χ0v) is 23.6. The van der Waals surface area contributed by atoms with Crippen molar-refractivity contribution in [3.63, 3.8) is 0 Å². The number of aliphatic hydroxyl groups excluding tert-OH is 1. The molecule has 3 aliphatic rings. The van der Waals surface area contributed by atoms with E-state index in [0.29, 0.717) is 26.1 Å². The average molecular weight is 571 g/mol. The Morgan fingerprint density at radius 3 is 2.46 bits per heavy atom. The highest BCUT2D eigenvalue weighted by Gasteiger charge is 2.75. The summed E-state index contributed by atoms with van der Waals surface area (Å²) < 4.78 is -0.623. The van der Waals surface area contributed by atoms with E-state index in [-0.39, 0.29) is 40.4 Å². The summed E-state index contributed by atoms with van der Waals surface area (Å²) in [5, 5.41) is 9.05. The second-order valence-corrected chi connectivity index (χ2v) is 12.9. The highest BCUT2D eigenvalue weighted by Crippen LogP contribution is 2.68. The molecule has 7 nitrogen and oxygen atoms in total. The van der Waals surface area contributed by atoms with Gasteiger partial charge in [-0.3, -0.25) is 14.4 Å². The number of thioether (sulfide) groups is 1. The Morgan fingerprint density at radius 1 is 1.20 bits per heavy atom. The van der Waals surface area contributed by atoms with Gasteiger partial charge in [0, 0.05) is 49.4 Å². The lowest BCUT2D eigenvalue weighted by molar-refractivity contribution is -0.144. The van der Waals surface area contributed by atoms with Crippen LogP contribution in [0.4, 0.5) is 0 Å². The van der Waals surface area contributed by atoms with Gasteiger partial charge in [0.05, 0.1) is 16.6 Å². The largest absolute Gasteiger partial charge is 0.396 e. The first-order valence-electron chi connectivity index (χ1n) is 12.7. The molecule has 2 bridgehead atoms. The summed E-state index contributed by atoms with van der Waals surface area (Å²) in [5.74, 6) is -1.12. The lowest BCUT2D eigenvalue weighted by atomic mass is 9.70. The number of halogens is 1. The van der Waals surface area contributed by atoms with Crippen molar-refractivity contribution in [1.29, 1.82) is 0 Å². The van der Waals surface area contributed by atoms with Crippen LogP contribution in [0.1, 0.15) is 46.0 Å². The summed E-state index contributed by atoms with van der Waals surface area (Å²) in [6.45, 7) is 13.0. The lowest BCUT2D eigenvalue weighted by Crippen LogP contribution is -2.57. The van der Waals surface area contributed by atoms with Crippen LogP contribution in [0.25, 0.3) is 0 Å². The van der Waals surface area contributed by atoms with Crippen LogP contribution in [0.3, 0.4) is 0 Å². The molecule has 6 atom stereocenters. The van der Waals surface area contributed by atoms with Gasteiger partial charge in [-0.25, -0.2) is 0 Å². The summed E-state index contributed by atoms with van der Waals surface area (Å²) in [4.78, 5) is 47.0. The number of fused-ring (bicyclic) bond motifs is 1. The summed E-state index contributed by atoms with van der Waals surface area (Å²) in [7, 11) is 1.75. The Bertz CT molecular complexity index is 839. The molecule has 1 N–H and O–H groups in total. The Hall–Kier alpha value is -1.32. The second-order valence-electron chi connectivity index (χ2n) is 10.2. The zero-order valence-electron chi connectivity index (χ0n) is 21.2. The van der Waals surface area contributed by atoms with Crippen molar-refractivity contribution in [3.05, 3.63) is 25.3 Å². The number of hydrogen-bond donors (Lipinski definition) is 1. The Balaban J connectivity index is 1.99. The summed E-state index contributed by atoms with van der Waals surface area (Å²) in [5.41, 5.74) is 0. The number of rotatable bonds is 13. The fourth-order valence-electron chi connectivity index (χ4n) is 6.07. The molecule has 3 unspecified atom stereocenters. The molecule has 3 amide bonds. The lowest BCUT2D eigenvalue weighted by Gasteiger charge is -2.39. The predicted molar refractivity (Wildman–Crippen MR) is 144 cm³/mol. The second kappa shape index (κ2) is 11.8. The molecule has 3 rings (SSSR count). The Kier molecular flexibility index (Phi) is 9.54. The number of amides is 3. The van der Waals surface area contributed by atoms with Crippen LogP contribution in [0, 0.1) is 11.8 Å². The van der Waals surface area contributed by atoms with Crippen molar-refractivity contribution < 1.29 is 19.5 Å². The normalized spacial score (nSPS) is 31.1. The summed E-state index contributed by atoms with van der Waals surface area (Å²) in [6, 6.07) is -0.630. The number of unbranched alkanes of at least 4 members (excludes halogenated alkanes) is 3. The standard InChI is InChI=1S/C26H40BrN3O4S/c1-6-12-28(5)23(32)19-20-24(33)30(14-10-8-9-11-15-31)22(25(34)29(13-7-2)17(3)4)26(20)16-18(27)21(19)35-26/h6-7,17-22,31H,1-2,8-16H2,3-5H3/t18?,19-,20-,21-,22?,26?/m0/s1. The molecular formula is C26H40BrN3O4S. The topological polar surface area (TPSA) is 81.2 Å². The SMILES string of the molecule is C=CCN(C)C(=O)[C@H]1[C@H]2C(=O)N(CCCCCCO)C(C(=O)N(CC=C)C(C)C)C23CC(Br)[C@@H]1S3. The quantitative estimate of drug-likeness (QED) is 0.209. The zero-order chi connectivity index (χ0) is 25.9. The van der Waals surface area contributed by atoms with Gasteiger partial charge in [0.15, 0.2) is 0 Å². The number of hydrogen-bond acceptors (Lipinski definition) is 5. The van der Waals surface area contributed by atoms with Gasteiger partial charge in [-0.15, -0.1) is 24.9 Å². The molecule has 0 aromatic heterocycles. The number of nitrogens with zero attached hydrogens (tertiary/aromatic N) is 3. The van der Waals surface area contributed by atoms with Crippen molar-refractivity contribution in [3.8, 4) is 0 Å². The van der Waals surface area contributed by atoms with E-state index >= 15 is 0 Å². The number of likely N-dealkylation sites (N-methyl/N-ethyl adjacent to an activating group) is 1. The molecule has 9 heteroatoms. The van der Waals surface area contributed by atoms with Crippen LogP contribution in [0.15, 0.2) is 25.3 Å². The van der Waals surface area contributed by atoms with Gasteiger partial charge in [-0.05, 0) is 33.1 Å². The Morgan fingerprint density at radius 2 is 1.86 bits per heavy atom. The maximum Gasteiger partial charge on any atom is 0.247 e. The van der Waals surface area contributed by atoms with Gasteiger partial charge in [-0.1, -0.05) is 40.9 Å². The molecular weight excluding hydrogens is 530 g/mol. The molecule has 3 aliphatic heterocycles. The third kappa shape index (κ3) is 5.10. The van der Waals surface area contributed by atoms with E-state index in [1.54, 1.807) is 45.7 Å². The smallest absolute Gasteiger partial charge is 0.247 e. The monoisotopic (exact) mass is 569 g/mol. The highest BCUT2D eigenvalue weighted by atomic mass is 79.9. The van der Waals surface area contributed by atoms with Crippen LogP contribution >= 0.6 is 27.7 Å². The summed E-state index contributed by atoms with van der Waals surface area (Å²) in [6.07, 6.45) is 7.37. The van der Waals surface area contributed by atoms with Gasteiger partial charge < -0.3 is 19.8 Å². The van der Waals surface area contributed by atoms with Crippen LogP contribution in [-0.4, -0.2) is 97.7 Å². The van der Waals surface area contributed by atoms with E-state index in [2.05, 4.69) is 29.1 Å². The van der Waals surface area contributed by atoms with E-state index < -0.39 is 22.6 Å². The first kappa shape index (κ1) is 28.3. The molecule has 0 aromatic rings. The molecule has 1 spiro atoms. The fourth-order valence-corrected chi connectivity index (χ4v) is 9.67. The van der Waals surface area contributed by atoms with Crippen LogP contribution in [0.5, 0.6) is 0 Å². The van der Waals surface area contributed by atoms with Gasteiger partial charge in [-0.2, -0.15) is 0 Å². The number of carbonyl (C=O) groups excluding carboxylic acids is 3. The first-order valence-corrected chi connectivity index (χ1v) is 14.5. The van der Waals surface area contributed by atoms with E-state index in [1.807, 2.05) is 13.8 Å². The highest BCUT2D eigenvalue weighted by molar-refractivity contribution is 9.09. The van der Waals surface area contributed by atoms with Crippen molar-refractivity contribution in [2.45, 2.75) is 72.9 Å². The third-order valence-electron chi connectivity index (χ3n) is 7.63. The molecule has 0 radical (unpaired) electrons. The van der Waals surface area contributed by atoms with Gasteiger partial charge in [0.25, 0.3) is 0 Å². The average Bonchev–Trinajstić information content (AvgIpc) is 3.40. The van der Waals surface area contributed by atoms with E-state index in [4.69, 9.17) is 5.11 Å². The van der Waals surface area contributed by atoms with E-state index in [1.165, 1.54) is 0 Å². The minimum atomic E-state index is -0.623. The van der Waals surface area contributed by atoms with E-state index in [9.17, 15) is 14.4 Å². The van der Waals surface area contributed by atoms with Gasteiger partial charge in [0.1, 0.15) is 6.04 Å². The minimum Gasteiger partial charge on any atom is -0.396 e. The molecule has 0 saturated carbocycles. The molecule has 3 fully saturated rings. The van der Waals surface area contributed by atoms with Crippen LogP contribution in [0.2, 0.25) is 0 Å². The van der Waals surface area contributed by atoms with Gasteiger partial charge >= 0.3 is 0 Å². The maximum atomic E-state index is 14.1. The first-order chi connectivity index (χ1) is 16.7. The predicted octanol–water partition coefficient (Wildman–Crippen LogP) is 3.07. The van der Waals surface area contributed by atoms with E-state index in [0.717, 1.165) is 25.7 Å². The number of likely N-dealkylation sites (tertiary alicyclic amines) is 1. The van der Waals surface area contributed by atoms with Crippen LogP contribution in [-0.2, 0) is 14.4 Å². The summed E-state index contributed by atoms with van der Waals surface area (Å²) >= 11 is 5.49. The molecule has 3 saturated heterocycles. The third-order valence-corrected chi connectivity index (χ3v) is 10.8. The van der Waals surface area contributed by atoms with Gasteiger partial charge in [0.2, 0.25) is 17.7 Å². The minimum absolute atomic E-state index is 0.0306. The fraction of sp³-hybridized carbons (Fsp3) is 0.731.